The van der Waals surface area contributed by atoms with E-state index in [2.05, 4.69) is 20.1 Å². The van der Waals surface area contributed by atoms with Crippen LogP contribution in [-0.2, 0) is 6.54 Å². The predicted octanol–water partition coefficient (Wildman–Crippen LogP) is 3.81. The van der Waals surface area contributed by atoms with Crippen LogP contribution >= 0.6 is 0 Å². The first kappa shape index (κ1) is 24.6. The number of nitrogens with zero attached hydrogens (tertiary/aromatic N) is 6. The van der Waals surface area contributed by atoms with Crippen molar-refractivity contribution in [3.8, 4) is 11.5 Å². The Morgan fingerprint density at radius 2 is 1.81 bits per heavy atom. The zero-order chi connectivity index (χ0) is 26.4. The van der Waals surface area contributed by atoms with E-state index in [0.29, 0.717) is 6.92 Å². The van der Waals surface area contributed by atoms with Crippen molar-refractivity contribution in [2.45, 2.75) is 25.7 Å². The molecule has 0 spiro atoms. The molecule has 0 saturated carbocycles. The van der Waals surface area contributed by atoms with Gasteiger partial charge in [0, 0.05) is 5.56 Å². The van der Waals surface area contributed by atoms with Crippen molar-refractivity contribution in [3.63, 3.8) is 0 Å². The summed E-state index contributed by atoms with van der Waals surface area (Å²) in [7, 11) is 0. The maximum atomic E-state index is 14.2. The van der Waals surface area contributed by atoms with E-state index >= 15 is 0 Å². The van der Waals surface area contributed by atoms with Gasteiger partial charge in [-0.25, -0.2) is 33.2 Å². The monoisotopic (exact) mass is 508 g/mol. The highest BCUT2D eigenvalue weighted by molar-refractivity contribution is 5.96. The van der Waals surface area contributed by atoms with Crippen LogP contribution in [0.5, 0.6) is 0 Å². The number of fused-ring (bicyclic) bond motifs is 1. The Bertz CT molecular complexity index is 1450. The number of hydrogen-bond acceptors (Lipinski definition) is 7. The van der Waals surface area contributed by atoms with Crippen molar-refractivity contribution < 1.29 is 31.9 Å². The summed E-state index contributed by atoms with van der Waals surface area (Å²) in [5.74, 6) is -2.97. The Balaban J connectivity index is 1.86. The largest absolute Gasteiger partial charge is 0.465 e. The lowest BCUT2D eigenvalue weighted by atomic mass is 10.2. The van der Waals surface area contributed by atoms with Gasteiger partial charge in [0.15, 0.2) is 23.1 Å². The highest BCUT2D eigenvalue weighted by Gasteiger charge is 2.44. The Morgan fingerprint density at radius 3 is 2.39 bits per heavy atom. The van der Waals surface area contributed by atoms with Crippen molar-refractivity contribution in [2.24, 2.45) is 0 Å². The predicted molar refractivity (Wildman–Crippen MR) is 119 cm³/mol. The van der Waals surface area contributed by atoms with E-state index in [-0.39, 0.29) is 39.6 Å². The topological polar surface area (TPSA) is 149 Å². The summed E-state index contributed by atoms with van der Waals surface area (Å²) in [4.78, 5) is 23.3. The zero-order valence-electron chi connectivity index (χ0n) is 18.3. The Morgan fingerprint density at radius 1 is 1.17 bits per heavy atom. The molecule has 0 fully saturated rings. The second kappa shape index (κ2) is 8.90. The molecule has 0 saturated heterocycles. The van der Waals surface area contributed by atoms with Gasteiger partial charge < -0.3 is 16.6 Å². The number of nitrogens with two attached hydrogens (primary N) is 2. The van der Waals surface area contributed by atoms with E-state index in [1.54, 1.807) is 6.07 Å². The number of hydrogen-bond donors (Lipinski definition) is 3. The van der Waals surface area contributed by atoms with Crippen LogP contribution in [0.3, 0.4) is 0 Å². The maximum Gasteiger partial charge on any atom is 0.412 e. The molecule has 4 aromatic rings. The highest BCUT2D eigenvalue weighted by Crippen LogP contribution is 2.37. The smallest absolute Gasteiger partial charge is 0.412 e. The third-order valence-electron chi connectivity index (χ3n) is 5.29. The number of amides is 1. The van der Waals surface area contributed by atoms with Crippen LogP contribution in [-0.4, -0.2) is 48.2 Å². The first-order chi connectivity index (χ1) is 16.9. The molecule has 0 bridgehead atoms. The molecule has 10 nitrogen and oxygen atoms in total. The molecule has 3 heterocycles. The standard InChI is InChI=1S/C21H17F5N8O2/c1-9(21(24,25)26)34(20(35)36)15-16(27)30-18(31-17(15)28)14-12-6-11(22)7-29-19(12)33(32-14)8-10-4-2-3-5-13(10)23/h2-7,9H,8H2,1H3,(H,35,36)(H4,27,28,30,31). The lowest BCUT2D eigenvalue weighted by molar-refractivity contribution is -0.143. The van der Waals surface area contributed by atoms with Crippen LogP contribution in [0.15, 0.2) is 36.5 Å². The van der Waals surface area contributed by atoms with Gasteiger partial charge >= 0.3 is 12.3 Å². The minimum absolute atomic E-state index is 0.0802. The van der Waals surface area contributed by atoms with E-state index in [0.717, 1.165) is 12.3 Å². The second-order valence-electron chi connectivity index (χ2n) is 7.66. The van der Waals surface area contributed by atoms with Gasteiger partial charge in [-0.15, -0.1) is 0 Å². The summed E-state index contributed by atoms with van der Waals surface area (Å²) in [6.07, 6.45) is -6.01. The van der Waals surface area contributed by atoms with Gasteiger partial charge in [-0.2, -0.15) is 18.3 Å². The minimum atomic E-state index is -4.94. The van der Waals surface area contributed by atoms with Gasteiger partial charge in [0.2, 0.25) is 0 Å². The molecular weight excluding hydrogens is 491 g/mol. The van der Waals surface area contributed by atoms with E-state index < -0.39 is 47.3 Å². The number of pyridine rings is 1. The third-order valence-corrected chi connectivity index (χ3v) is 5.29. The quantitative estimate of drug-likeness (QED) is 0.345. The average molecular weight is 508 g/mol. The van der Waals surface area contributed by atoms with E-state index in [4.69, 9.17) is 11.5 Å². The molecule has 36 heavy (non-hydrogen) atoms. The number of carbonyl (C=O) groups is 1. The number of rotatable bonds is 5. The van der Waals surface area contributed by atoms with Crippen molar-refractivity contribution in [1.29, 1.82) is 0 Å². The maximum absolute atomic E-state index is 14.2. The number of aromatic nitrogens is 5. The normalized spacial score (nSPS) is 12.6. The van der Waals surface area contributed by atoms with Crippen LogP contribution in [0.1, 0.15) is 12.5 Å². The van der Waals surface area contributed by atoms with Crippen LogP contribution in [0.25, 0.3) is 22.6 Å². The van der Waals surface area contributed by atoms with Gasteiger partial charge in [-0.3, -0.25) is 4.90 Å². The molecule has 0 aliphatic rings. The molecule has 1 atom stereocenters. The molecule has 1 unspecified atom stereocenters. The molecule has 188 valence electrons. The van der Waals surface area contributed by atoms with Gasteiger partial charge in [0.05, 0.1) is 18.1 Å². The molecule has 4 rings (SSSR count). The Labute approximate surface area is 199 Å². The van der Waals surface area contributed by atoms with Crippen molar-refractivity contribution in [1.82, 2.24) is 24.7 Å². The second-order valence-corrected chi connectivity index (χ2v) is 7.66. The first-order valence-corrected chi connectivity index (χ1v) is 10.2. The first-order valence-electron chi connectivity index (χ1n) is 10.2. The van der Waals surface area contributed by atoms with Crippen LogP contribution < -0.4 is 16.4 Å². The Kier molecular flexibility index (Phi) is 6.07. The van der Waals surface area contributed by atoms with E-state index in [1.165, 1.54) is 22.9 Å². The Hall–Kier alpha value is -4.56. The molecule has 15 heteroatoms. The fraction of sp³-hybridized carbons (Fsp3) is 0.190. The minimum Gasteiger partial charge on any atom is -0.465 e. The fourth-order valence-electron chi connectivity index (χ4n) is 3.54. The molecule has 0 radical (unpaired) electrons. The van der Waals surface area contributed by atoms with Crippen LogP contribution in [0.2, 0.25) is 0 Å². The third kappa shape index (κ3) is 4.42. The van der Waals surface area contributed by atoms with Crippen molar-refractivity contribution >= 4 is 34.4 Å². The SMILES string of the molecule is CC(N(C(=O)O)c1c(N)nc(-c2nn(Cc3ccccc3F)c3ncc(F)cc23)nc1N)C(F)(F)F. The highest BCUT2D eigenvalue weighted by atomic mass is 19.4. The summed E-state index contributed by atoms with van der Waals surface area (Å²) in [6.45, 7) is 0.494. The van der Waals surface area contributed by atoms with Gasteiger partial charge in [-0.1, -0.05) is 18.2 Å². The number of halogens is 5. The van der Waals surface area contributed by atoms with Gasteiger partial charge in [-0.05, 0) is 19.1 Å². The summed E-state index contributed by atoms with van der Waals surface area (Å²) >= 11 is 0. The number of benzene rings is 1. The van der Waals surface area contributed by atoms with Gasteiger partial charge in [0.1, 0.15) is 29.1 Å². The summed E-state index contributed by atoms with van der Waals surface area (Å²) in [6, 6.07) is 4.40. The molecule has 3 aromatic heterocycles. The molecule has 0 aliphatic carbocycles. The summed E-state index contributed by atoms with van der Waals surface area (Å²) in [5, 5.41) is 13.8. The van der Waals surface area contributed by atoms with Crippen LogP contribution in [0.4, 0.5) is 44.1 Å². The molecule has 1 aromatic carbocycles. The summed E-state index contributed by atoms with van der Waals surface area (Å²) < 4.78 is 69.3. The number of anilines is 3. The molecule has 0 aliphatic heterocycles. The fourth-order valence-corrected chi connectivity index (χ4v) is 3.54. The van der Waals surface area contributed by atoms with E-state index in [9.17, 15) is 31.9 Å². The number of carboxylic acid groups (broad SMARTS) is 1. The summed E-state index contributed by atoms with van der Waals surface area (Å²) in [5.41, 5.74) is 11.1. The lowest BCUT2D eigenvalue weighted by Crippen LogP contribution is -2.47. The molecular formula is C21H17F5N8O2. The van der Waals surface area contributed by atoms with Crippen LogP contribution in [0, 0.1) is 11.6 Å². The number of nitrogen functional groups attached to an aromatic ring is 2. The molecule has 5 N–H and O–H groups in total. The zero-order valence-corrected chi connectivity index (χ0v) is 18.3. The average Bonchev–Trinajstić information content (AvgIpc) is 3.13. The van der Waals surface area contributed by atoms with Crippen molar-refractivity contribution in [2.75, 3.05) is 16.4 Å². The van der Waals surface area contributed by atoms with Crippen molar-refractivity contribution in [3.05, 3.63) is 53.7 Å². The lowest BCUT2D eigenvalue weighted by Gasteiger charge is -2.29. The van der Waals surface area contributed by atoms with E-state index in [1.807, 2.05) is 0 Å². The molecule has 1 amide bonds. The van der Waals surface area contributed by atoms with Gasteiger partial charge in [0.25, 0.3) is 0 Å². The number of alkyl halides is 3.